The summed E-state index contributed by atoms with van der Waals surface area (Å²) in [6.45, 7) is 5.71. The Morgan fingerprint density at radius 3 is 2.45 bits per heavy atom. The van der Waals surface area contributed by atoms with E-state index in [1.54, 1.807) is 43.6 Å². The van der Waals surface area contributed by atoms with Gasteiger partial charge in [0.15, 0.2) is 0 Å². The maximum Gasteiger partial charge on any atom is 0.319 e. The molecule has 2 unspecified atom stereocenters. The van der Waals surface area contributed by atoms with E-state index < -0.39 is 17.9 Å². The lowest BCUT2D eigenvalue weighted by Gasteiger charge is -2.30. The van der Waals surface area contributed by atoms with Crippen molar-refractivity contribution < 1.29 is 14.3 Å². The lowest BCUT2D eigenvalue weighted by molar-refractivity contribution is -0.112. The van der Waals surface area contributed by atoms with Crippen molar-refractivity contribution in [1.29, 1.82) is 5.41 Å². The number of nitrogens with zero attached hydrogens (tertiary/aromatic N) is 5. The molecule has 1 aromatic carbocycles. The predicted molar refractivity (Wildman–Crippen MR) is 146 cm³/mol. The van der Waals surface area contributed by atoms with Gasteiger partial charge in [0.05, 0.1) is 32.4 Å². The molecule has 1 fully saturated rings. The smallest absolute Gasteiger partial charge is 0.319 e. The van der Waals surface area contributed by atoms with Crippen molar-refractivity contribution in [2.45, 2.75) is 26.8 Å². The normalized spacial score (nSPS) is 17.9. The van der Waals surface area contributed by atoms with Crippen molar-refractivity contribution in [1.82, 2.24) is 14.5 Å². The molecule has 2 atom stereocenters. The highest BCUT2D eigenvalue weighted by molar-refractivity contribution is 6.49. The van der Waals surface area contributed by atoms with Crippen molar-refractivity contribution in [3.63, 3.8) is 0 Å². The Balaban J connectivity index is 1.97. The van der Waals surface area contributed by atoms with Gasteiger partial charge in [-0.2, -0.15) is 4.98 Å². The first-order valence-corrected chi connectivity index (χ1v) is 12.3. The van der Waals surface area contributed by atoms with Gasteiger partial charge in [-0.3, -0.25) is 19.9 Å². The van der Waals surface area contributed by atoms with E-state index in [2.05, 4.69) is 9.97 Å². The minimum absolute atomic E-state index is 0.121. The number of benzene rings is 1. The summed E-state index contributed by atoms with van der Waals surface area (Å²) < 4.78 is 11.9. The van der Waals surface area contributed by atoms with Gasteiger partial charge in [-0.25, -0.2) is 9.98 Å². The number of carbonyl (C=O) groups is 1. The number of aliphatic imine (C=N–C) groups is 1. The lowest BCUT2D eigenvalue weighted by Crippen LogP contribution is -2.36. The zero-order valence-electron chi connectivity index (χ0n) is 22.0. The Bertz CT molecular complexity index is 1480. The summed E-state index contributed by atoms with van der Waals surface area (Å²) >= 11 is 6.17. The summed E-state index contributed by atoms with van der Waals surface area (Å²) in [6, 6.07) is 8.12. The minimum Gasteiger partial charge on any atom is -0.479 e. The molecule has 1 aliphatic rings. The van der Waals surface area contributed by atoms with Crippen LogP contribution in [0.4, 0.5) is 11.4 Å². The van der Waals surface area contributed by atoms with Gasteiger partial charge in [-0.1, -0.05) is 37.6 Å². The SMILES string of the molecule is COc1ncc(N=C(C(C)C)C2C(=N)C(=O)N(c3cc(C)cn(C)c3=O)C2c2ccc(Cl)cc2)c(OC)n1. The Kier molecular flexibility index (Phi) is 7.63. The molecule has 198 valence electrons. The highest BCUT2D eigenvalue weighted by atomic mass is 35.5. The molecule has 0 radical (unpaired) electrons. The number of amides is 1. The van der Waals surface area contributed by atoms with Crippen molar-refractivity contribution in [2.24, 2.45) is 23.9 Å². The van der Waals surface area contributed by atoms with E-state index in [-0.39, 0.29) is 34.8 Å². The molecule has 0 aliphatic carbocycles. The highest BCUT2D eigenvalue weighted by Gasteiger charge is 2.49. The van der Waals surface area contributed by atoms with Crippen LogP contribution in [0.1, 0.15) is 31.0 Å². The molecule has 1 aliphatic heterocycles. The summed E-state index contributed by atoms with van der Waals surface area (Å²) in [5.41, 5.74) is 2.07. The number of pyridine rings is 1. The standard InChI is InChI=1S/C27H29ClN6O4/c1-14(2)22(31-18-12-30-27(38-6)32-24(18)37-5)20-21(29)26(36)34(19-11-15(3)13-33(4)25(19)35)23(20)16-7-9-17(28)10-8-16/h7-14,20,23,29H,1-6H3. The molecule has 0 spiro atoms. The van der Waals surface area contributed by atoms with E-state index in [9.17, 15) is 9.59 Å². The molecule has 1 N–H and O–H groups in total. The number of carbonyl (C=O) groups excluding carboxylic acids is 1. The third-order valence-corrected chi connectivity index (χ3v) is 6.63. The van der Waals surface area contributed by atoms with Crippen LogP contribution in [-0.2, 0) is 11.8 Å². The predicted octanol–water partition coefficient (Wildman–Crippen LogP) is 4.31. The van der Waals surface area contributed by atoms with Gasteiger partial charge < -0.3 is 14.0 Å². The molecule has 11 heteroatoms. The highest BCUT2D eigenvalue weighted by Crippen LogP contribution is 2.42. The Labute approximate surface area is 225 Å². The van der Waals surface area contributed by atoms with Gasteiger partial charge >= 0.3 is 6.01 Å². The Morgan fingerprint density at radius 1 is 1.16 bits per heavy atom. The zero-order valence-corrected chi connectivity index (χ0v) is 22.8. The molecule has 4 rings (SSSR count). The van der Waals surface area contributed by atoms with Crippen LogP contribution in [0, 0.1) is 24.2 Å². The first-order valence-electron chi connectivity index (χ1n) is 12.0. The first kappa shape index (κ1) is 27.0. The van der Waals surface area contributed by atoms with Crippen molar-refractivity contribution in [3.05, 3.63) is 69.2 Å². The monoisotopic (exact) mass is 536 g/mol. The maximum atomic E-state index is 13.7. The number of aryl methyl sites for hydroxylation is 2. The average molecular weight is 537 g/mol. The number of aromatic nitrogens is 3. The van der Waals surface area contributed by atoms with E-state index in [4.69, 9.17) is 31.5 Å². The summed E-state index contributed by atoms with van der Waals surface area (Å²) in [6.07, 6.45) is 3.17. The van der Waals surface area contributed by atoms with E-state index in [0.29, 0.717) is 22.0 Å². The fraction of sp³-hybridized carbons (Fsp3) is 0.333. The molecule has 1 amide bonds. The van der Waals surface area contributed by atoms with Crippen LogP contribution in [-0.4, -0.2) is 46.1 Å². The van der Waals surface area contributed by atoms with E-state index in [1.165, 1.54) is 29.9 Å². The lowest BCUT2D eigenvalue weighted by atomic mass is 9.83. The largest absolute Gasteiger partial charge is 0.479 e. The molecule has 1 saturated heterocycles. The molecule has 2 aromatic heterocycles. The second kappa shape index (κ2) is 10.7. The number of ether oxygens (including phenoxy) is 2. The Morgan fingerprint density at radius 2 is 1.84 bits per heavy atom. The van der Waals surface area contributed by atoms with Gasteiger partial charge in [-0.15, -0.1) is 0 Å². The van der Waals surface area contributed by atoms with Crippen LogP contribution in [0.2, 0.25) is 5.02 Å². The molecule has 3 heterocycles. The number of halogens is 1. The second-order valence-corrected chi connectivity index (χ2v) is 9.76. The molecule has 0 saturated carbocycles. The van der Waals surface area contributed by atoms with Crippen molar-refractivity contribution >= 4 is 40.3 Å². The van der Waals surface area contributed by atoms with Gasteiger partial charge in [0.2, 0.25) is 5.88 Å². The quantitative estimate of drug-likeness (QED) is 0.449. The zero-order chi connectivity index (χ0) is 27.7. The summed E-state index contributed by atoms with van der Waals surface area (Å²) in [5.74, 6) is -1.34. The number of hydrogen-bond donors (Lipinski definition) is 1. The van der Waals surface area contributed by atoms with Crippen LogP contribution >= 0.6 is 11.6 Å². The summed E-state index contributed by atoms with van der Waals surface area (Å²) in [7, 11) is 4.54. The van der Waals surface area contributed by atoms with Crippen molar-refractivity contribution in [3.8, 4) is 11.9 Å². The molecule has 38 heavy (non-hydrogen) atoms. The first-order chi connectivity index (χ1) is 18.1. The second-order valence-electron chi connectivity index (χ2n) is 9.32. The van der Waals surface area contributed by atoms with Gasteiger partial charge in [0.1, 0.15) is 17.1 Å². The van der Waals surface area contributed by atoms with Crippen LogP contribution in [0.5, 0.6) is 11.9 Å². The van der Waals surface area contributed by atoms with E-state index in [0.717, 1.165) is 5.56 Å². The Hall–Kier alpha value is -4.05. The number of hydrogen-bond acceptors (Lipinski definition) is 8. The van der Waals surface area contributed by atoms with Crippen LogP contribution in [0.25, 0.3) is 0 Å². The van der Waals surface area contributed by atoms with E-state index in [1.807, 2.05) is 20.8 Å². The third-order valence-electron chi connectivity index (χ3n) is 6.38. The number of methoxy groups -OCH3 is 2. The van der Waals surface area contributed by atoms with Gasteiger partial charge in [0.25, 0.3) is 11.5 Å². The van der Waals surface area contributed by atoms with Crippen molar-refractivity contribution in [2.75, 3.05) is 19.1 Å². The molecule has 0 bridgehead atoms. The fourth-order valence-electron chi connectivity index (χ4n) is 4.67. The maximum absolute atomic E-state index is 13.7. The summed E-state index contributed by atoms with van der Waals surface area (Å²) in [5, 5.41) is 9.48. The third kappa shape index (κ3) is 4.91. The molecular formula is C27H29ClN6O4. The van der Waals surface area contributed by atoms with Gasteiger partial charge in [0, 0.05) is 24.0 Å². The number of rotatable bonds is 7. The fourth-order valence-corrected chi connectivity index (χ4v) is 4.79. The number of anilines is 1. The van der Waals surface area contributed by atoms with Crippen LogP contribution in [0.15, 0.2) is 52.5 Å². The summed E-state index contributed by atoms with van der Waals surface area (Å²) in [4.78, 5) is 41.6. The molecule has 10 nitrogen and oxygen atoms in total. The number of nitrogens with one attached hydrogen (secondary N) is 1. The molecular weight excluding hydrogens is 508 g/mol. The average Bonchev–Trinajstić information content (AvgIpc) is 3.14. The van der Waals surface area contributed by atoms with Crippen LogP contribution < -0.4 is 19.9 Å². The minimum atomic E-state index is -0.777. The van der Waals surface area contributed by atoms with E-state index >= 15 is 0 Å². The molecule has 3 aromatic rings. The van der Waals surface area contributed by atoms with Gasteiger partial charge in [-0.05, 0) is 42.2 Å². The topological polar surface area (TPSA) is 123 Å². The van der Waals surface area contributed by atoms with Crippen LogP contribution in [0.3, 0.4) is 0 Å².